The van der Waals surface area contributed by atoms with Gasteiger partial charge in [0.25, 0.3) is 0 Å². The highest BCUT2D eigenvalue weighted by Crippen LogP contribution is 2.32. The molecule has 0 N–H and O–H groups in total. The summed E-state index contributed by atoms with van der Waals surface area (Å²) in [5.41, 5.74) is -0.322. The Hall–Kier alpha value is -1.69. The topological polar surface area (TPSA) is 30.0 Å². The number of halogens is 4. The molecule has 0 bridgehead atoms. The van der Waals surface area contributed by atoms with Gasteiger partial charge in [-0.3, -0.25) is 9.78 Å². The number of Topliss-reactive ketones (excluding diaryl/α,β-unsaturated/α-hetero) is 1. The Balaban J connectivity index is 2.30. The highest BCUT2D eigenvalue weighted by Gasteiger charge is 2.31. The molecular weight excluding hydrogens is 335 g/mol. The summed E-state index contributed by atoms with van der Waals surface area (Å²) in [6.45, 7) is 0. The van der Waals surface area contributed by atoms with E-state index in [0.717, 1.165) is 12.1 Å². The van der Waals surface area contributed by atoms with Crippen LogP contribution in [0.25, 0.3) is 0 Å². The van der Waals surface area contributed by atoms with Crippen molar-refractivity contribution in [1.82, 2.24) is 4.98 Å². The fourth-order valence-electron chi connectivity index (χ4n) is 1.68. The van der Waals surface area contributed by atoms with Gasteiger partial charge in [-0.25, -0.2) is 0 Å². The first-order chi connectivity index (χ1) is 9.38. The standard InChI is InChI=1S/C14H9BrF3NO/c15-12-5-4-9(14(16,17)18)7-11(12)13(20)8-10-3-1-2-6-19-10/h1-7H,8H2. The van der Waals surface area contributed by atoms with E-state index in [1.165, 1.54) is 12.3 Å². The first kappa shape index (κ1) is 14.7. The fourth-order valence-corrected chi connectivity index (χ4v) is 2.15. The molecule has 1 aromatic heterocycles. The van der Waals surface area contributed by atoms with E-state index in [1.54, 1.807) is 18.2 Å². The van der Waals surface area contributed by atoms with Gasteiger partial charge in [0.05, 0.1) is 12.0 Å². The minimum absolute atomic E-state index is 0.00507. The van der Waals surface area contributed by atoms with Gasteiger partial charge in [-0.2, -0.15) is 13.2 Å². The Labute approximate surface area is 121 Å². The predicted molar refractivity (Wildman–Crippen MR) is 71.4 cm³/mol. The summed E-state index contributed by atoms with van der Waals surface area (Å²) in [6.07, 6.45) is -2.98. The van der Waals surface area contributed by atoms with E-state index in [1.807, 2.05) is 0 Å². The lowest BCUT2D eigenvalue weighted by atomic mass is 10.0. The summed E-state index contributed by atoms with van der Waals surface area (Å²) in [5, 5.41) is 0. The van der Waals surface area contributed by atoms with Crippen molar-refractivity contribution in [3.8, 4) is 0 Å². The first-order valence-corrected chi connectivity index (χ1v) is 6.47. The number of aromatic nitrogens is 1. The second kappa shape index (κ2) is 5.75. The minimum Gasteiger partial charge on any atom is -0.294 e. The van der Waals surface area contributed by atoms with Crippen molar-refractivity contribution < 1.29 is 18.0 Å². The molecule has 0 fully saturated rings. The SMILES string of the molecule is O=C(Cc1ccccn1)c1cc(C(F)(F)F)ccc1Br. The van der Waals surface area contributed by atoms with Crippen LogP contribution in [0, 0.1) is 0 Å². The van der Waals surface area contributed by atoms with E-state index >= 15 is 0 Å². The van der Waals surface area contributed by atoms with Crippen LogP contribution in [-0.4, -0.2) is 10.8 Å². The zero-order valence-corrected chi connectivity index (χ0v) is 11.7. The van der Waals surface area contributed by atoms with Crippen LogP contribution in [0.2, 0.25) is 0 Å². The van der Waals surface area contributed by atoms with Crippen LogP contribution < -0.4 is 0 Å². The van der Waals surface area contributed by atoms with Gasteiger partial charge < -0.3 is 0 Å². The molecule has 0 aliphatic heterocycles. The van der Waals surface area contributed by atoms with Crippen LogP contribution in [0.4, 0.5) is 13.2 Å². The van der Waals surface area contributed by atoms with Crippen molar-refractivity contribution in [1.29, 1.82) is 0 Å². The summed E-state index contributed by atoms with van der Waals surface area (Å²) in [6, 6.07) is 8.09. The molecule has 6 heteroatoms. The van der Waals surface area contributed by atoms with Crippen molar-refractivity contribution >= 4 is 21.7 Å². The zero-order valence-electron chi connectivity index (χ0n) is 10.1. The van der Waals surface area contributed by atoms with E-state index in [-0.39, 0.29) is 12.0 Å². The zero-order chi connectivity index (χ0) is 14.8. The molecule has 0 aliphatic carbocycles. The van der Waals surface area contributed by atoms with E-state index in [0.29, 0.717) is 10.2 Å². The molecule has 0 aliphatic rings. The maximum Gasteiger partial charge on any atom is 0.416 e. The molecular formula is C14H9BrF3NO. The van der Waals surface area contributed by atoms with Gasteiger partial charge in [-0.1, -0.05) is 22.0 Å². The van der Waals surface area contributed by atoms with E-state index in [2.05, 4.69) is 20.9 Å². The Morgan fingerprint density at radius 3 is 2.55 bits per heavy atom. The largest absolute Gasteiger partial charge is 0.416 e. The third-order valence-corrected chi connectivity index (χ3v) is 3.35. The van der Waals surface area contributed by atoms with E-state index < -0.39 is 17.5 Å². The monoisotopic (exact) mass is 343 g/mol. The highest BCUT2D eigenvalue weighted by molar-refractivity contribution is 9.10. The highest BCUT2D eigenvalue weighted by atomic mass is 79.9. The van der Waals surface area contributed by atoms with Crippen LogP contribution in [0.15, 0.2) is 47.1 Å². The second-order valence-corrected chi connectivity index (χ2v) is 4.97. The fraction of sp³-hybridized carbons (Fsp3) is 0.143. The molecule has 2 aromatic rings. The number of ketones is 1. The molecule has 0 atom stereocenters. The van der Waals surface area contributed by atoms with Gasteiger partial charge in [-0.05, 0) is 30.3 Å². The van der Waals surface area contributed by atoms with Crippen molar-refractivity contribution in [2.24, 2.45) is 0 Å². The summed E-state index contributed by atoms with van der Waals surface area (Å²) >= 11 is 3.10. The maximum absolute atomic E-state index is 12.7. The number of carbonyl (C=O) groups excluding carboxylic acids is 1. The lowest BCUT2D eigenvalue weighted by Crippen LogP contribution is -2.10. The van der Waals surface area contributed by atoms with Crippen LogP contribution >= 0.6 is 15.9 Å². The van der Waals surface area contributed by atoms with Gasteiger partial charge in [0, 0.05) is 21.9 Å². The van der Waals surface area contributed by atoms with Crippen LogP contribution in [-0.2, 0) is 12.6 Å². The average molecular weight is 344 g/mol. The molecule has 2 rings (SSSR count). The number of alkyl halides is 3. The Bertz CT molecular complexity index is 626. The molecule has 0 saturated heterocycles. The Morgan fingerprint density at radius 1 is 1.20 bits per heavy atom. The van der Waals surface area contributed by atoms with Gasteiger partial charge in [-0.15, -0.1) is 0 Å². The third-order valence-electron chi connectivity index (χ3n) is 2.66. The van der Waals surface area contributed by atoms with E-state index in [9.17, 15) is 18.0 Å². The Kier molecular flexibility index (Phi) is 4.23. The average Bonchev–Trinajstić information content (AvgIpc) is 2.39. The van der Waals surface area contributed by atoms with Crippen LogP contribution in [0.5, 0.6) is 0 Å². The molecule has 1 aromatic carbocycles. The summed E-state index contributed by atoms with van der Waals surface area (Å²) in [5.74, 6) is -0.415. The second-order valence-electron chi connectivity index (χ2n) is 4.11. The van der Waals surface area contributed by atoms with E-state index in [4.69, 9.17) is 0 Å². The predicted octanol–water partition coefficient (Wildman–Crippen LogP) is 4.29. The molecule has 0 amide bonds. The minimum atomic E-state index is -4.47. The molecule has 2 nitrogen and oxygen atoms in total. The normalized spacial score (nSPS) is 11.4. The van der Waals surface area contributed by atoms with Gasteiger partial charge in [0.1, 0.15) is 0 Å². The molecule has 1 heterocycles. The number of benzene rings is 1. The smallest absolute Gasteiger partial charge is 0.294 e. The van der Waals surface area contributed by atoms with Crippen LogP contribution in [0.1, 0.15) is 21.6 Å². The molecule has 0 spiro atoms. The van der Waals surface area contributed by atoms with Gasteiger partial charge in [0.2, 0.25) is 0 Å². The van der Waals surface area contributed by atoms with Gasteiger partial charge in [0.15, 0.2) is 5.78 Å². The summed E-state index contributed by atoms with van der Waals surface area (Å²) in [7, 11) is 0. The molecule has 0 unspecified atom stereocenters. The van der Waals surface area contributed by atoms with Crippen molar-refractivity contribution in [3.63, 3.8) is 0 Å². The lowest BCUT2D eigenvalue weighted by molar-refractivity contribution is -0.137. The molecule has 104 valence electrons. The first-order valence-electron chi connectivity index (χ1n) is 5.68. The van der Waals surface area contributed by atoms with Crippen LogP contribution in [0.3, 0.4) is 0 Å². The number of carbonyl (C=O) groups is 1. The van der Waals surface area contributed by atoms with Crippen molar-refractivity contribution in [3.05, 3.63) is 63.9 Å². The Morgan fingerprint density at radius 2 is 1.95 bits per heavy atom. The molecule has 0 radical (unpaired) electrons. The number of nitrogens with zero attached hydrogens (tertiary/aromatic N) is 1. The van der Waals surface area contributed by atoms with Gasteiger partial charge >= 0.3 is 6.18 Å². The quantitative estimate of drug-likeness (QED) is 0.778. The lowest BCUT2D eigenvalue weighted by Gasteiger charge is -2.10. The molecule has 0 saturated carbocycles. The summed E-state index contributed by atoms with van der Waals surface area (Å²) < 4.78 is 38.3. The number of rotatable bonds is 3. The molecule has 20 heavy (non-hydrogen) atoms. The van der Waals surface area contributed by atoms with Crippen molar-refractivity contribution in [2.75, 3.05) is 0 Å². The number of hydrogen-bond acceptors (Lipinski definition) is 2. The maximum atomic E-state index is 12.7. The number of pyridine rings is 1. The number of hydrogen-bond donors (Lipinski definition) is 0. The van der Waals surface area contributed by atoms with Crippen molar-refractivity contribution in [2.45, 2.75) is 12.6 Å². The third kappa shape index (κ3) is 3.45. The summed E-state index contributed by atoms with van der Waals surface area (Å²) in [4.78, 5) is 16.1.